The maximum Gasteiger partial charge on any atom is 0.312 e. The summed E-state index contributed by atoms with van der Waals surface area (Å²) in [7, 11) is 0. The second-order valence-corrected chi connectivity index (χ2v) is 7.87. The molecule has 1 heterocycles. The Morgan fingerprint density at radius 2 is 2.09 bits per heavy atom. The quantitative estimate of drug-likeness (QED) is 0.632. The van der Waals surface area contributed by atoms with E-state index >= 15 is 0 Å². The molecule has 122 valence electrons. The molecule has 3 aliphatic rings. The molecule has 0 spiro atoms. The number of phenols is 1. The largest absolute Gasteiger partial charge is 0.508 e. The van der Waals surface area contributed by atoms with Crippen LogP contribution >= 0.6 is 0 Å². The van der Waals surface area contributed by atoms with Gasteiger partial charge in [-0.15, -0.1) is 0 Å². The third kappa shape index (κ3) is 2.05. The summed E-state index contributed by atoms with van der Waals surface area (Å²) in [5.74, 6) is 0.841. The Balaban J connectivity index is 1.83. The molecular weight excluding hydrogens is 288 g/mol. The molecule has 0 aromatic heterocycles. The number of aromatic hydroxyl groups is 1. The van der Waals surface area contributed by atoms with Crippen molar-refractivity contribution in [1.82, 2.24) is 0 Å². The number of fused-ring (bicyclic) bond motifs is 1. The van der Waals surface area contributed by atoms with E-state index in [-0.39, 0.29) is 29.3 Å². The van der Waals surface area contributed by atoms with Gasteiger partial charge in [-0.1, -0.05) is 31.6 Å². The number of benzene rings is 1. The molecule has 0 bridgehead atoms. The summed E-state index contributed by atoms with van der Waals surface area (Å²) in [6.45, 7) is 6.25. The second kappa shape index (κ2) is 4.86. The lowest BCUT2D eigenvalue weighted by atomic mass is 9.66. The number of hydrogen-bond acceptors (Lipinski definition) is 3. The van der Waals surface area contributed by atoms with E-state index in [0.717, 1.165) is 31.2 Å². The highest BCUT2D eigenvalue weighted by molar-refractivity contribution is 5.80. The molecule has 3 nitrogen and oxygen atoms in total. The summed E-state index contributed by atoms with van der Waals surface area (Å²) in [6, 6.07) is 4.05. The van der Waals surface area contributed by atoms with Crippen LogP contribution in [0, 0.1) is 11.3 Å². The van der Waals surface area contributed by atoms with Crippen LogP contribution in [0.4, 0.5) is 0 Å². The van der Waals surface area contributed by atoms with Crippen molar-refractivity contribution in [3.63, 3.8) is 0 Å². The first kappa shape index (κ1) is 14.8. The van der Waals surface area contributed by atoms with Crippen molar-refractivity contribution in [1.29, 1.82) is 0 Å². The van der Waals surface area contributed by atoms with E-state index in [0.29, 0.717) is 5.75 Å². The lowest BCUT2D eigenvalue weighted by Gasteiger charge is -2.33. The van der Waals surface area contributed by atoms with Gasteiger partial charge < -0.3 is 9.84 Å². The Labute approximate surface area is 137 Å². The molecule has 1 N–H and O–H groups in total. The summed E-state index contributed by atoms with van der Waals surface area (Å²) in [5, 5.41) is 10.3. The predicted molar refractivity (Wildman–Crippen MR) is 88.4 cm³/mol. The third-order valence-electron chi connectivity index (χ3n) is 6.04. The first-order valence-corrected chi connectivity index (χ1v) is 8.65. The van der Waals surface area contributed by atoms with Gasteiger partial charge in [-0.2, -0.15) is 0 Å². The number of ether oxygens (including phenoxy) is 1. The van der Waals surface area contributed by atoms with Crippen LogP contribution in [0.2, 0.25) is 0 Å². The fourth-order valence-corrected chi connectivity index (χ4v) is 4.76. The molecule has 0 unspecified atom stereocenters. The summed E-state index contributed by atoms with van der Waals surface area (Å²) < 4.78 is 5.81. The molecule has 0 saturated carbocycles. The lowest BCUT2D eigenvalue weighted by Crippen LogP contribution is -2.35. The molecule has 4 rings (SSSR count). The molecule has 1 fully saturated rings. The molecule has 23 heavy (non-hydrogen) atoms. The van der Waals surface area contributed by atoms with Gasteiger partial charge in [0.05, 0.1) is 5.41 Å². The number of phenolic OH excluding ortho intramolecular Hbond substituents is 1. The monoisotopic (exact) mass is 312 g/mol. The van der Waals surface area contributed by atoms with Gasteiger partial charge in [-0.3, -0.25) is 4.79 Å². The van der Waals surface area contributed by atoms with Crippen LogP contribution in [-0.4, -0.2) is 17.2 Å². The first-order chi connectivity index (χ1) is 10.9. The van der Waals surface area contributed by atoms with Crippen molar-refractivity contribution in [3.05, 3.63) is 40.5 Å². The minimum absolute atomic E-state index is 0.0237. The van der Waals surface area contributed by atoms with Crippen molar-refractivity contribution in [2.75, 3.05) is 0 Å². The topological polar surface area (TPSA) is 46.5 Å². The number of esters is 1. The maximum atomic E-state index is 12.4. The number of rotatable bonds is 1. The van der Waals surface area contributed by atoms with Crippen LogP contribution < -0.4 is 0 Å². The molecule has 3 atom stereocenters. The van der Waals surface area contributed by atoms with Crippen molar-refractivity contribution in [2.45, 2.75) is 58.5 Å². The SMILES string of the molecule is CC(C)c1cc2c(cc1O)CC1=CCC[C@]3(C)C(=O)O[C@@H](C2)[C@H]13. The van der Waals surface area contributed by atoms with Gasteiger partial charge in [0.1, 0.15) is 11.9 Å². The average molecular weight is 312 g/mol. The van der Waals surface area contributed by atoms with E-state index in [9.17, 15) is 9.90 Å². The molecule has 1 saturated heterocycles. The number of carbonyl (C=O) groups is 1. The highest BCUT2D eigenvalue weighted by Gasteiger charge is 2.56. The summed E-state index contributed by atoms with van der Waals surface area (Å²) in [6.07, 6.45) is 5.66. The highest BCUT2D eigenvalue weighted by Crippen LogP contribution is 2.53. The lowest BCUT2D eigenvalue weighted by molar-refractivity contribution is -0.148. The Morgan fingerprint density at radius 1 is 1.30 bits per heavy atom. The highest BCUT2D eigenvalue weighted by atomic mass is 16.6. The van der Waals surface area contributed by atoms with Crippen LogP contribution in [0.1, 0.15) is 56.2 Å². The normalized spacial score (nSPS) is 32.0. The van der Waals surface area contributed by atoms with E-state index in [1.807, 2.05) is 6.07 Å². The fraction of sp³-hybridized carbons (Fsp3) is 0.550. The molecule has 3 heteroatoms. The minimum atomic E-state index is -0.361. The molecule has 0 amide bonds. The van der Waals surface area contributed by atoms with Crippen LogP contribution in [-0.2, 0) is 22.4 Å². The van der Waals surface area contributed by atoms with Gasteiger partial charge in [-0.05, 0) is 54.9 Å². The number of carbonyl (C=O) groups excluding carboxylic acids is 1. The molecule has 1 aliphatic heterocycles. The zero-order chi connectivity index (χ0) is 16.4. The third-order valence-corrected chi connectivity index (χ3v) is 6.04. The Kier molecular flexibility index (Phi) is 3.13. The van der Waals surface area contributed by atoms with Crippen molar-refractivity contribution < 1.29 is 14.6 Å². The molecule has 2 aliphatic carbocycles. The van der Waals surface area contributed by atoms with E-state index in [1.165, 1.54) is 16.7 Å². The molecule has 1 aromatic carbocycles. The van der Waals surface area contributed by atoms with Gasteiger partial charge in [0, 0.05) is 12.3 Å². The van der Waals surface area contributed by atoms with Gasteiger partial charge in [0.15, 0.2) is 0 Å². The zero-order valence-electron chi connectivity index (χ0n) is 14.1. The summed E-state index contributed by atoms with van der Waals surface area (Å²) in [5.41, 5.74) is 4.36. The summed E-state index contributed by atoms with van der Waals surface area (Å²) in [4.78, 5) is 12.4. The predicted octanol–water partition coefficient (Wildman–Crippen LogP) is 3.88. The number of hydrogen-bond donors (Lipinski definition) is 1. The maximum absolute atomic E-state index is 12.4. The van der Waals surface area contributed by atoms with Crippen LogP contribution in [0.5, 0.6) is 5.75 Å². The number of allylic oxidation sites excluding steroid dienone is 1. The van der Waals surface area contributed by atoms with E-state index < -0.39 is 0 Å². The first-order valence-electron chi connectivity index (χ1n) is 8.65. The molecule has 0 radical (unpaired) electrons. The fourth-order valence-electron chi connectivity index (χ4n) is 4.76. The van der Waals surface area contributed by atoms with Gasteiger partial charge in [-0.25, -0.2) is 0 Å². The van der Waals surface area contributed by atoms with E-state index in [2.05, 4.69) is 32.9 Å². The Morgan fingerprint density at radius 3 is 2.83 bits per heavy atom. The van der Waals surface area contributed by atoms with Crippen molar-refractivity contribution >= 4 is 5.97 Å². The standard InChI is InChI=1S/C20H24O3/c1-11(2)15-8-14-10-17-18-12(7-13(14)9-16(15)21)5-4-6-20(18,3)19(22)23-17/h5,8-9,11,17-18,21H,4,6-7,10H2,1-3H3/t17-,18-,20-/m0/s1. The van der Waals surface area contributed by atoms with Crippen molar-refractivity contribution in [2.24, 2.45) is 11.3 Å². The van der Waals surface area contributed by atoms with Crippen LogP contribution in [0.25, 0.3) is 0 Å². The van der Waals surface area contributed by atoms with Crippen LogP contribution in [0.15, 0.2) is 23.8 Å². The second-order valence-electron chi connectivity index (χ2n) is 7.87. The summed E-state index contributed by atoms with van der Waals surface area (Å²) >= 11 is 0. The molecule has 1 aromatic rings. The Bertz CT molecular complexity index is 716. The Hall–Kier alpha value is -1.77. The van der Waals surface area contributed by atoms with Gasteiger partial charge in [0.25, 0.3) is 0 Å². The van der Waals surface area contributed by atoms with Gasteiger partial charge >= 0.3 is 5.97 Å². The van der Waals surface area contributed by atoms with E-state index in [1.54, 1.807) is 0 Å². The van der Waals surface area contributed by atoms with Gasteiger partial charge in [0.2, 0.25) is 0 Å². The van der Waals surface area contributed by atoms with E-state index in [4.69, 9.17) is 4.74 Å². The smallest absolute Gasteiger partial charge is 0.312 e. The molecular formula is C20H24O3. The minimum Gasteiger partial charge on any atom is -0.508 e. The average Bonchev–Trinajstić information content (AvgIpc) is 2.63. The van der Waals surface area contributed by atoms with Crippen molar-refractivity contribution in [3.8, 4) is 5.75 Å². The van der Waals surface area contributed by atoms with Crippen LogP contribution in [0.3, 0.4) is 0 Å². The zero-order valence-corrected chi connectivity index (χ0v) is 14.1.